The number of hydrogen-bond donors (Lipinski definition) is 1. The molecule has 1 fully saturated rings. The van der Waals surface area contributed by atoms with Crippen LogP contribution < -0.4 is 10.1 Å². The van der Waals surface area contributed by atoms with Gasteiger partial charge in [-0.15, -0.1) is 12.4 Å². The maximum atomic E-state index is 5.38. The third-order valence-electron chi connectivity index (χ3n) is 3.87. The Morgan fingerprint density at radius 1 is 1.32 bits per heavy atom. The number of aryl methyl sites for hydroxylation is 1. The van der Waals surface area contributed by atoms with Crippen molar-refractivity contribution < 1.29 is 4.74 Å². The zero-order chi connectivity index (χ0) is 13.0. The number of halogens is 1. The Hall–Kier alpha value is -0.770. The molecular formula is C15H25ClN2O. The summed E-state index contributed by atoms with van der Waals surface area (Å²) in [6.07, 6.45) is 2.50. The SMILES string of the molecule is CNC1CCN(Cc2ccc(C)c(OC)c2)CC1.Cl. The summed E-state index contributed by atoms with van der Waals surface area (Å²) in [6.45, 7) is 5.48. The lowest BCUT2D eigenvalue weighted by molar-refractivity contribution is 0.194. The molecule has 0 radical (unpaired) electrons. The molecule has 0 aliphatic carbocycles. The van der Waals surface area contributed by atoms with Crippen molar-refractivity contribution in [2.75, 3.05) is 27.2 Å². The first kappa shape index (κ1) is 16.3. The van der Waals surface area contributed by atoms with Crippen molar-refractivity contribution in [3.8, 4) is 5.75 Å². The van der Waals surface area contributed by atoms with E-state index < -0.39 is 0 Å². The second kappa shape index (κ2) is 7.73. The van der Waals surface area contributed by atoms with Crippen LogP contribution >= 0.6 is 12.4 Å². The van der Waals surface area contributed by atoms with E-state index >= 15 is 0 Å². The molecule has 1 N–H and O–H groups in total. The summed E-state index contributed by atoms with van der Waals surface area (Å²) < 4.78 is 5.38. The third kappa shape index (κ3) is 4.37. The van der Waals surface area contributed by atoms with Crippen LogP contribution in [0.3, 0.4) is 0 Å². The lowest BCUT2D eigenvalue weighted by Gasteiger charge is -2.31. The highest BCUT2D eigenvalue weighted by molar-refractivity contribution is 5.85. The number of nitrogens with zero attached hydrogens (tertiary/aromatic N) is 1. The van der Waals surface area contributed by atoms with Gasteiger partial charge in [0, 0.05) is 12.6 Å². The number of methoxy groups -OCH3 is 1. The zero-order valence-electron chi connectivity index (χ0n) is 12.1. The molecule has 0 unspecified atom stereocenters. The second-order valence-corrected chi connectivity index (χ2v) is 5.14. The molecule has 1 aliphatic heterocycles. The van der Waals surface area contributed by atoms with Gasteiger partial charge >= 0.3 is 0 Å². The monoisotopic (exact) mass is 284 g/mol. The van der Waals surface area contributed by atoms with E-state index in [4.69, 9.17) is 4.74 Å². The minimum absolute atomic E-state index is 0. The molecule has 0 bridgehead atoms. The highest BCUT2D eigenvalue weighted by atomic mass is 35.5. The molecule has 19 heavy (non-hydrogen) atoms. The van der Waals surface area contributed by atoms with Gasteiger partial charge in [0.15, 0.2) is 0 Å². The molecule has 1 heterocycles. The first-order chi connectivity index (χ1) is 8.72. The predicted molar refractivity (Wildman–Crippen MR) is 82.3 cm³/mol. The standard InChI is InChI=1S/C15H24N2O.ClH/c1-12-4-5-13(10-15(12)18-3)11-17-8-6-14(16-2)7-9-17;/h4-5,10,14,16H,6-9,11H2,1-3H3;1H. The molecule has 0 aromatic heterocycles. The number of hydrogen-bond acceptors (Lipinski definition) is 3. The third-order valence-corrected chi connectivity index (χ3v) is 3.87. The lowest BCUT2D eigenvalue weighted by atomic mass is 10.0. The van der Waals surface area contributed by atoms with Crippen LogP contribution in [-0.2, 0) is 6.54 Å². The van der Waals surface area contributed by atoms with Crippen molar-refractivity contribution in [3.05, 3.63) is 29.3 Å². The topological polar surface area (TPSA) is 24.5 Å². The van der Waals surface area contributed by atoms with Crippen molar-refractivity contribution in [2.24, 2.45) is 0 Å². The van der Waals surface area contributed by atoms with Gasteiger partial charge in [-0.05, 0) is 57.1 Å². The number of rotatable bonds is 4. The Labute approximate surface area is 122 Å². The van der Waals surface area contributed by atoms with Gasteiger partial charge in [-0.25, -0.2) is 0 Å². The quantitative estimate of drug-likeness (QED) is 0.920. The predicted octanol–water partition coefficient (Wildman–Crippen LogP) is 2.61. The summed E-state index contributed by atoms with van der Waals surface area (Å²) >= 11 is 0. The average Bonchev–Trinajstić information content (AvgIpc) is 2.42. The summed E-state index contributed by atoms with van der Waals surface area (Å²) in [7, 11) is 3.80. The minimum atomic E-state index is 0. The average molecular weight is 285 g/mol. The van der Waals surface area contributed by atoms with Gasteiger partial charge in [0.2, 0.25) is 0 Å². The molecule has 3 nitrogen and oxygen atoms in total. The number of ether oxygens (including phenoxy) is 1. The smallest absolute Gasteiger partial charge is 0.122 e. The second-order valence-electron chi connectivity index (χ2n) is 5.14. The van der Waals surface area contributed by atoms with E-state index in [1.807, 2.05) is 0 Å². The zero-order valence-corrected chi connectivity index (χ0v) is 12.9. The van der Waals surface area contributed by atoms with E-state index in [2.05, 4.69) is 42.4 Å². The van der Waals surface area contributed by atoms with Gasteiger partial charge in [-0.2, -0.15) is 0 Å². The van der Waals surface area contributed by atoms with Gasteiger partial charge in [-0.1, -0.05) is 12.1 Å². The van der Waals surface area contributed by atoms with Crippen LogP contribution in [0.1, 0.15) is 24.0 Å². The molecule has 0 atom stereocenters. The first-order valence-corrected chi connectivity index (χ1v) is 6.76. The van der Waals surface area contributed by atoms with Gasteiger partial charge in [0.05, 0.1) is 7.11 Å². The van der Waals surface area contributed by atoms with Crippen LogP contribution in [0.15, 0.2) is 18.2 Å². The fourth-order valence-electron chi connectivity index (χ4n) is 2.60. The summed E-state index contributed by atoms with van der Waals surface area (Å²) in [5.41, 5.74) is 2.55. The summed E-state index contributed by atoms with van der Waals surface area (Å²) in [6, 6.07) is 7.23. The van der Waals surface area contributed by atoms with E-state index in [1.165, 1.54) is 37.1 Å². The van der Waals surface area contributed by atoms with Gasteiger partial charge < -0.3 is 10.1 Å². The highest BCUT2D eigenvalue weighted by Gasteiger charge is 2.17. The van der Waals surface area contributed by atoms with Crippen LogP contribution in [0.4, 0.5) is 0 Å². The van der Waals surface area contributed by atoms with Crippen LogP contribution in [0.2, 0.25) is 0 Å². The number of nitrogens with one attached hydrogen (secondary N) is 1. The molecule has 2 rings (SSSR count). The van der Waals surface area contributed by atoms with E-state index in [9.17, 15) is 0 Å². The summed E-state index contributed by atoms with van der Waals surface area (Å²) in [4.78, 5) is 2.53. The first-order valence-electron chi connectivity index (χ1n) is 6.76. The van der Waals surface area contributed by atoms with E-state index in [0.717, 1.165) is 12.3 Å². The molecule has 0 saturated carbocycles. The molecule has 4 heteroatoms. The van der Waals surface area contributed by atoms with Crippen molar-refractivity contribution in [1.82, 2.24) is 10.2 Å². The Bertz CT molecular complexity index is 390. The Morgan fingerprint density at radius 2 is 2.00 bits per heavy atom. The van der Waals surface area contributed by atoms with Crippen molar-refractivity contribution in [2.45, 2.75) is 32.4 Å². The largest absolute Gasteiger partial charge is 0.496 e. The van der Waals surface area contributed by atoms with E-state index in [0.29, 0.717) is 6.04 Å². The lowest BCUT2D eigenvalue weighted by Crippen LogP contribution is -2.40. The van der Waals surface area contributed by atoms with Gasteiger partial charge in [0.25, 0.3) is 0 Å². The van der Waals surface area contributed by atoms with Crippen LogP contribution in [0.5, 0.6) is 5.75 Å². The van der Waals surface area contributed by atoms with Crippen molar-refractivity contribution >= 4 is 12.4 Å². The Kier molecular flexibility index (Phi) is 6.63. The fraction of sp³-hybridized carbons (Fsp3) is 0.600. The van der Waals surface area contributed by atoms with Gasteiger partial charge in [0.1, 0.15) is 5.75 Å². The maximum absolute atomic E-state index is 5.38. The Morgan fingerprint density at radius 3 is 2.58 bits per heavy atom. The van der Waals surface area contributed by atoms with E-state index in [1.54, 1.807) is 7.11 Å². The summed E-state index contributed by atoms with van der Waals surface area (Å²) in [5, 5.41) is 3.37. The summed E-state index contributed by atoms with van der Waals surface area (Å²) in [5.74, 6) is 0.998. The van der Waals surface area contributed by atoms with Gasteiger partial charge in [-0.3, -0.25) is 4.90 Å². The fourth-order valence-corrected chi connectivity index (χ4v) is 2.60. The molecule has 0 amide bonds. The van der Waals surface area contributed by atoms with Crippen molar-refractivity contribution in [3.63, 3.8) is 0 Å². The van der Waals surface area contributed by atoms with Crippen LogP contribution in [-0.4, -0.2) is 38.2 Å². The minimum Gasteiger partial charge on any atom is -0.496 e. The van der Waals surface area contributed by atoms with Crippen LogP contribution in [0.25, 0.3) is 0 Å². The number of piperidine rings is 1. The Balaban J connectivity index is 0.00000180. The van der Waals surface area contributed by atoms with Crippen LogP contribution in [0, 0.1) is 6.92 Å². The molecule has 108 valence electrons. The highest BCUT2D eigenvalue weighted by Crippen LogP contribution is 2.21. The normalized spacial score (nSPS) is 17.0. The molecule has 0 spiro atoms. The molecular weight excluding hydrogens is 260 g/mol. The molecule has 1 aromatic carbocycles. The van der Waals surface area contributed by atoms with E-state index in [-0.39, 0.29) is 12.4 Å². The maximum Gasteiger partial charge on any atom is 0.122 e. The molecule has 1 aliphatic rings. The molecule has 1 aromatic rings. The molecule has 1 saturated heterocycles. The number of likely N-dealkylation sites (tertiary alicyclic amines) is 1. The van der Waals surface area contributed by atoms with Crippen molar-refractivity contribution in [1.29, 1.82) is 0 Å². The number of benzene rings is 1.